The van der Waals surface area contributed by atoms with Crippen LogP contribution in [0, 0.1) is 5.92 Å². The van der Waals surface area contributed by atoms with E-state index < -0.39 is 5.54 Å². The molecule has 9 nitrogen and oxygen atoms in total. The number of pyridine rings is 1. The zero-order valence-corrected chi connectivity index (χ0v) is 19.5. The largest absolute Gasteiger partial charge is 0.493 e. The highest BCUT2D eigenvalue weighted by molar-refractivity contribution is 6.07. The van der Waals surface area contributed by atoms with Crippen molar-refractivity contribution >= 4 is 17.8 Å². The van der Waals surface area contributed by atoms with Gasteiger partial charge in [-0.05, 0) is 49.4 Å². The molecule has 4 rings (SSSR count). The molecule has 0 bridgehead atoms. The first kappa shape index (κ1) is 23.5. The Morgan fingerprint density at radius 3 is 2.47 bits per heavy atom. The van der Waals surface area contributed by atoms with Crippen molar-refractivity contribution in [2.75, 3.05) is 26.8 Å². The molecule has 0 spiro atoms. The number of likely N-dealkylation sites (tertiary alicyclic amines) is 1. The summed E-state index contributed by atoms with van der Waals surface area (Å²) in [6, 6.07) is 12.2. The fraction of sp³-hybridized carbons (Fsp3) is 0.440. The molecule has 1 N–H and O–H groups in total. The summed E-state index contributed by atoms with van der Waals surface area (Å²) in [7, 11) is 1.55. The van der Waals surface area contributed by atoms with Gasteiger partial charge in [0.25, 0.3) is 11.8 Å². The van der Waals surface area contributed by atoms with Crippen LogP contribution in [0.25, 0.3) is 0 Å². The molecule has 1 aromatic heterocycles. The summed E-state index contributed by atoms with van der Waals surface area (Å²) in [6.45, 7) is 2.98. The van der Waals surface area contributed by atoms with Crippen molar-refractivity contribution < 1.29 is 23.9 Å². The van der Waals surface area contributed by atoms with Crippen molar-refractivity contribution in [2.45, 2.75) is 38.3 Å². The third kappa shape index (κ3) is 4.55. The number of hydrogen-bond acceptors (Lipinski definition) is 6. The van der Waals surface area contributed by atoms with Crippen LogP contribution in [0.1, 0.15) is 31.9 Å². The molecule has 2 saturated heterocycles. The van der Waals surface area contributed by atoms with Crippen LogP contribution in [0.15, 0.2) is 48.7 Å². The van der Waals surface area contributed by atoms with E-state index in [1.54, 1.807) is 42.5 Å². The minimum Gasteiger partial charge on any atom is -0.493 e. The van der Waals surface area contributed by atoms with Gasteiger partial charge in [-0.3, -0.25) is 19.5 Å². The predicted molar refractivity (Wildman–Crippen MR) is 124 cm³/mol. The molecule has 2 aromatic rings. The van der Waals surface area contributed by atoms with Crippen molar-refractivity contribution in [2.24, 2.45) is 5.92 Å². The van der Waals surface area contributed by atoms with E-state index in [0.29, 0.717) is 49.5 Å². The van der Waals surface area contributed by atoms with Gasteiger partial charge in [0, 0.05) is 19.3 Å². The summed E-state index contributed by atoms with van der Waals surface area (Å²) in [5.41, 5.74) is -0.289. The molecule has 9 heteroatoms. The zero-order valence-electron chi connectivity index (χ0n) is 19.5. The van der Waals surface area contributed by atoms with Crippen LogP contribution < -0.4 is 14.8 Å². The molecule has 2 aliphatic heterocycles. The van der Waals surface area contributed by atoms with Crippen LogP contribution >= 0.6 is 0 Å². The number of imide groups is 1. The topological polar surface area (TPSA) is 101 Å². The van der Waals surface area contributed by atoms with Gasteiger partial charge in [-0.1, -0.05) is 25.1 Å². The van der Waals surface area contributed by atoms with Gasteiger partial charge in [-0.25, -0.2) is 4.79 Å². The molecule has 34 heavy (non-hydrogen) atoms. The zero-order chi connectivity index (χ0) is 24.1. The molecule has 2 fully saturated rings. The van der Waals surface area contributed by atoms with Crippen LogP contribution in [-0.2, 0) is 16.1 Å². The summed E-state index contributed by atoms with van der Waals surface area (Å²) in [5.74, 6) is 0.709. The Morgan fingerprint density at radius 2 is 1.82 bits per heavy atom. The number of amides is 4. The molecule has 1 atom stereocenters. The standard InChI is InChI=1S/C25H30N4O5/c1-3-25(23(31)29(24(32)27-25)16-19-8-6-7-13-26-19)18-11-14-28(15-12-18)22(30)17-34-21-10-5-4-9-20(21)33-2/h4-10,13,18H,3,11-12,14-17H2,1-2H3,(H,27,32)/t25-/m0/s1. The van der Waals surface area contributed by atoms with Crippen LogP contribution in [0.5, 0.6) is 11.5 Å². The molecule has 0 unspecified atom stereocenters. The fourth-order valence-electron chi connectivity index (χ4n) is 4.84. The number of urea groups is 1. The van der Waals surface area contributed by atoms with Gasteiger partial charge in [-0.2, -0.15) is 0 Å². The molecule has 0 aliphatic carbocycles. The average molecular weight is 467 g/mol. The maximum atomic E-state index is 13.4. The Balaban J connectivity index is 1.36. The van der Waals surface area contributed by atoms with Crippen molar-refractivity contribution in [1.29, 1.82) is 0 Å². The third-order valence-corrected chi connectivity index (χ3v) is 6.77. The number of methoxy groups -OCH3 is 1. The minimum absolute atomic E-state index is 0.0538. The summed E-state index contributed by atoms with van der Waals surface area (Å²) in [4.78, 5) is 46.1. The van der Waals surface area contributed by atoms with E-state index in [4.69, 9.17) is 9.47 Å². The lowest BCUT2D eigenvalue weighted by atomic mass is 9.75. The molecule has 180 valence electrons. The number of benzene rings is 1. The van der Waals surface area contributed by atoms with E-state index in [-0.39, 0.29) is 36.9 Å². The Kier molecular flexibility index (Phi) is 7.00. The number of nitrogens with one attached hydrogen (secondary N) is 1. The van der Waals surface area contributed by atoms with Crippen molar-refractivity contribution in [1.82, 2.24) is 20.1 Å². The number of hydrogen-bond donors (Lipinski definition) is 1. The van der Waals surface area contributed by atoms with Crippen molar-refractivity contribution in [3.63, 3.8) is 0 Å². The summed E-state index contributed by atoms with van der Waals surface area (Å²) in [5, 5.41) is 2.98. The Hall–Kier alpha value is -3.62. The third-order valence-electron chi connectivity index (χ3n) is 6.77. The monoisotopic (exact) mass is 466 g/mol. The lowest BCUT2D eigenvalue weighted by Gasteiger charge is -2.40. The number of rotatable bonds is 8. The molecule has 3 heterocycles. The van der Waals surface area contributed by atoms with Gasteiger partial charge in [0.1, 0.15) is 5.54 Å². The first-order valence-electron chi connectivity index (χ1n) is 11.6. The van der Waals surface area contributed by atoms with Gasteiger partial charge in [-0.15, -0.1) is 0 Å². The van der Waals surface area contributed by atoms with E-state index in [1.165, 1.54) is 4.90 Å². The number of aromatic nitrogens is 1. The van der Waals surface area contributed by atoms with Gasteiger partial charge < -0.3 is 19.7 Å². The van der Waals surface area contributed by atoms with Crippen molar-refractivity contribution in [3.8, 4) is 11.5 Å². The fourth-order valence-corrected chi connectivity index (χ4v) is 4.84. The Morgan fingerprint density at radius 1 is 1.12 bits per heavy atom. The summed E-state index contributed by atoms with van der Waals surface area (Å²) in [6.07, 6.45) is 3.38. The maximum Gasteiger partial charge on any atom is 0.325 e. The normalized spacial score (nSPS) is 20.9. The second-order valence-corrected chi connectivity index (χ2v) is 8.56. The Labute approximate surface area is 199 Å². The number of para-hydroxylation sites is 2. The average Bonchev–Trinajstić information content (AvgIpc) is 3.13. The highest BCUT2D eigenvalue weighted by Crippen LogP contribution is 2.36. The molecule has 1 aromatic carbocycles. The van der Waals surface area contributed by atoms with Crippen molar-refractivity contribution in [3.05, 3.63) is 54.4 Å². The quantitative estimate of drug-likeness (QED) is 0.600. The minimum atomic E-state index is -0.949. The van der Waals surface area contributed by atoms with Crippen LogP contribution in [0.4, 0.5) is 4.79 Å². The second-order valence-electron chi connectivity index (χ2n) is 8.56. The van der Waals surface area contributed by atoms with E-state index >= 15 is 0 Å². The SMILES string of the molecule is CC[C@@]1(C2CCN(C(=O)COc3ccccc3OC)CC2)NC(=O)N(Cc2ccccn2)C1=O. The van der Waals surface area contributed by atoms with Gasteiger partial charge in [0.05, 0.1) is 19.3 Å². The summed E-state index contributed by atoms with van der Waals surface area (Å²) < 4.78 is 10.9. The van der Waals surface area contributed by atoms with E-state index in [9.17, 15) is 14.4 Å². The summed E-state index contributed by atoms with van der Waals surface area (Å²) >= 11 is 0. The molecule has 2 aliphatic rings. The predicted octanol–water partition coefficient (Wildman–Crippen LogP) is 2.61. The lowest BCUT2D eigenvalue weighted by molar-refractivity contribution is -0.137. The van der Waals surface area contributed by atoms with Gasteiger partial charge >= 0.3 is 6.03 Å². The van der Waals surface area contributed by atoms with Gasteiger partial charge in [0.15, 0.2) is 18.1 Å². The lowest BCUT2D eigenvalue weighted by Crippen LogP contribution is -2.56. The first-order chi connectivity index (χ1) is 16.5. The first-order valence-corrected chi connectivity index (χ1v) is 11.6. The molecule has 0 radical (unpaired) electrons. The number of nitrogens with zero attached hydrogens (tertiary/aromatic N) is 3. The molecule has 0 saturated carbocycles. The van der Waals surface area contributed by atoms with Crippen LogP contribution in [0.2, 0.25) is 0 Å². The molecular weight excluding hydrogens is 436 g/mol. The highest BCUT2D eigenvalue weighted by atomic mass is 16.5. The van der Waals surface area contributed by atoms with Crippen LogP contribution in [0.3, 0.4) is 0 Å². The maximum absolute atomic E-state index is 13.4. The molecule has 4 amide bonds. The number of carbonyl (C=O) groups excluding carboxylic acids is 3. The Bertz CT molecular complexity index is 1040. The molecular formula is C25H30N4O5. The second kappa shape index (κ2) is 10.1. The van der Waals surface area contributed by atoms with E-state index in [1.807, 2.05) is 25.1 Å². The van der Waals surface area contributed by atoms with Crippen LogP contribution in [-0.4, -0.2) is 65.0 Å². The van der Waals surface area contributed by atoms with Gasteiger partial charge in [0.2, 0.25) is 0 Å². The highest BCUT2D eigenvalue weighted by Gasteiger charge is 2.55. The number of ether oxygens (including phenoxy) is 2. The number of carbonyl (C=O) groups is 3. The smallest absolute Gasteiger partial charge is 0.325 e. The number of piperidine rings is 1. The van der Waals surface area contributed by atoms with E-state index in [2.05, 4.69) is 10.3 Å². The van der Waals surface area contributed by atoms with E-state index in [0.717, 1.165) is 0 Å².